The minimum absolute atomic E-state index is 0.631. The predicted molar refractivity (Wildman–Crippen MR) is 89.9 cm³/mol. The van der Waals surface area contributed by atoms with Crippen LogP contribution in [-0.2, 0) is 6.54 Å². The summed E-state index contributed by atoms with van der Waals surface area (Å²) in [5.74, 6) is 4.34. The summed E-state index contributed by atoms with van der Waals surface area (Å²) in [4.78, 5) is 4.63. The average molecular weight is 316 g/mol. The topological polar surface area (TPSA) is 38.1 Å². The zero-order chi connectivity index (χ0) is 14.1. The minimum Gasteiger partial charge on any atom is -0.457 e. The number of thiazole rings is 1. The molecule has 1 N–H and O–H groups in total. The highest BCUT2D eigenvalue weighted by Gasteiger charge is 2.15. The van der Waals surface area contributed by atoms with E-state index in [4.69, 9.17) is 4.42 Å². The Hall–Kier alpha value is -1.30. The second kappa shape index (κ2) is 5.83. The zero-order valence-electron chi connectivity index (χ0n) is 11.5. The summed E-state index contributed by atoms with van der Waals surface area (Å²) >= 11 is 3.70. The summed E-state index contributed by atoms with van der Waals surface area (Å²) in [6.45, 7) is 0.802. The molecule has 0 saturated carbocycles. The molecule has 4 rings (SSSR count). The number of aromatic nitrogens is 1. The fourth-order valence-electron chi connectivity index (χ4n) is 2.51. The lowest BCUT2D eigenvalue weighted by Gasteiger charge is -2.08. The van der Waals surface area contributed by atoms with Crippen molar-refractivity contribution in [2.45, 2.75) is 19.0 Å². The number of benzene rings is 1. The molecule has 5 heteroatoms. The molecule has 1 aliphatic rings. The van der Waals surface area contributed by atoms with Gasteiger partial charge in [0.05, 0.1) is 16.8 Å². The van der Waals surface area contributed by atoms with Crippen molar-refractivity contribution in [3.05, 3.63) is 42.2 Å². The highest BCUT2D eigenvalue weighted by Crippen LogP contribution is 2.31. The van der Waals surface area contributed by atoms with Crippen LogP contribution in [0.2, 0.25) is 0 Å². The first-order valence-electron chi connectivity index (χ1n) is 7.14. The van der Waals surface area contributed by atoms with Crippen molar-refractivity contribution in [2.24, 2.45) is 0 Å². The summed E-state index contributed by atoms with van der Waals surface area (Å²) in [5.41, 5.74) is 1.04. The van der Waals surface area contributed by atoms with E-state index in [0.29, 0.717) is 6.04 Å². The summed E-state index contributed by atoms with van der Waals surface area (Å²) in [5, 5.41) is 4.51. The van der Waals surface area contributed by atoms with Gasteiger partial charge in [0, 0.05) is 11.8 Å². The molecule has 108 valence electrons. The van der Waals surface area contributed by atoms with E-state index < -0.39 is 0 Å². The third-order valence-corrected chi connectivity index (χ3v) is 5.87. The van der Waals surface area contributed by atoms with Crippen molar-refractivity contribution >= 4 is 33.3 Å². The molecule has 21 heavy (non-hydrogen) atoms. The standard InChI is InChI=1S/C16H16N2OS2/c1-2-4-15-13(3-1)18-16(21-15)14-6-5-12(19-14)9-17-11-7-8-20-10-11/h1-6,11,17H,7-10H2. The van der Waals surface area contributed by atoms with Gasteiger partial charge in [-0.3, -0.25) is 0 Å². The van der Waals surface area contributed by atoms with E-state index >= 15 is 0 Å². The molecule has 1 fully saturated rings. The van der Waals surface area contributed by atoms with E-state index in [1.54, 1.807) is 11.3 Å². The van der Waals surface area contributed by atoms with Crippen molar-refractivity contribution in [1.82, 2.24) is 10.3 Å². The van der Waals surface area contributed by atoms with Crippen LogP contribution in [-0.4, -0.2) is 22.5 Å². The molecule has 3 nitrogen and oxygen atoms in total. The number of nitrogens with one attached hydrogen (secondary N) is 1. The number of furan rings is 1. The molecule has 2 aromatic heterocycles. The van der Waals surface area contributed by atoms with Crippen molar-refractivity contribution in [2.75, 3.05) is 11.5 Å². The summed E-state index contributed by atoms with van der Waals surface area (Å²) in [7, 11) is 0. The second-order valence-electron chi connectivity index (χ2n) is 5.19. The Kier molecular flexibility index (Phi) is 3.71. The van der Waals surface area contributed by atoms with E-state index in [1.807, 2.05) is 36.0 Å². The molecule has 1 aromatic carbocycles. The monoisotopic (exact) mass is 316 g/mol. The molecule has 1 atom stereocenters. The molecular formula is C16H16N2OS2. The Labute approximate surface area is 131 Å². The van der Waals surface area contributed by atoms with Crippen LogP contribution >= 0.6 is 23.1 Å². The highest BCUT2D eigenvalue weighted by atomic mass is 32.2. The van der Waals surface area contributed by atoms with Gasteiger partial charge >= 0.3 is 0 Å². The van der Waals surface area contributed by atoms with Gasteiger partial charge in [0.2, 0.25) is 0 Å². The van der Waals surface area contributed by atoms with Crippen molar-refractivity contribution in [3.63, 3.8) is 0 Å². The first kappa shape index (κ1) is 13.4. The van der Waals surface area contributed by atoms with Crippen molar-refractivity contribution in [3.8, 4) is 10.8 Å². The highest BCUT2D eigenvalue weighted by molar-refractivity contribution is 7.99. The lowest BCUT2D eigenvalue weighted by Crippen LogP contribution is -2.27. The predicted octanol–water partition coefficient (Wildman–Crippen LogP) is 4.15. The van der Waals surface area contributed by atoms with Crippen molar-refractivity contribution < 1.29 is 4.42 Å². The van der Waals surface area contributed by atoms with Gasteiger partial charge in [-0.2, -0.15) is 11.8 Å². The van der Waals surface area contributed by atoms with Gasteiger partial charge in [-0.05, 0) is 36.4 Å². The van der Waals surface area contributed by atoms with Gasteiger partial charge < -0.3 is 9.73 Å². The van der Waals surface area contributed by atoms with Crippen LogP contribution in [0.25, 0.3) is 21.0 Å². The first-order chi connectivity index (χ1) is 10.4. The number of fused-ring (bicyclic) bond motifs is 1. The first-order valence-corrected chi connectivity index (χ1v) is 9.11. The lowest BCUT2D eigenvalue weighted by molar-refractivity contribution is 0.465. The molecule has 0 radical (unpaired) electrons. The van der Waals surface area contributed by atoms with Crippen LogP contribution in [0.3, 0.4) is 0 Å². The quantitative estimate of drug-likeness (QED) is 0.784. The fourth-order valence-corrected chi connectivity index (χ4v) is 4.62. The average Bonchev–Trinajstić information content (AvgIpc) is 3.24. The molecule has 3 aromatic rings. The maximum absolute atomic E-state index is 5.94. The summed E-state index contributed by atoms with van der Waals surface area (Å²) < 4.78 is 7.14. The van der Waals surface area contributed by atoms with E-state index in [2.05, 4.69) is 22.4 Å². The number of nitrogens with zero attached hydrogens (tertiary/aromatic N) is 1. The van der Waals surface area contributed by atoms with Crippen LogP contribution in [0, 0.1) is 0 Å². The minimum atomic E-state index is 0.631. The van der Waals surface area contributed by atoms with Crippen LogP contribution in [0.15, 0.2) is 40.8 Å². The van der Waals surface area contributed by atoms with Gasteiger partial charge in [0.15, 0.2) is 10.8 Å². The van der Waals surface area contributed by atoms with Gasteiger partial charge in [-0.25, -0.2) is 4.98 Å². The number of rotatable bonds is 4. The molecule has 1 unspecified atom stereocenters. The summed E-state index contributed by atoms with van der Waals surface area (Å²) in [6, 6.07) is 12.9. The van der Waals surface area contributed by atoms with E-state index in [9.17, 15) is 0 Å². The number of thioether (sulfide) groups is 1. The Morgan fingerprint density at radius 3 is 3.05 bits per heavy atom. The Bertz CT molecular complexity index is 710. The smallest absolute Gasteiger partial charge is 0.163 e. The van der Waals surface area contributed by atoms with Crippen LogP contribution in [0.5, 0.6) is 0 Å². The van der Waals surface area contributed by atoms with E-state index in [1.165, 1.54) is 22.6 Å². The normalized spacial score (nSPS) is 18.6. The van der Waals surface area contributed by atoms with Crippen LogP contribution in [0.1, 0.15) is 12.2 Å². The number of hydrogen-bond donors (Lipinski definition) is 1. The third kappa shape index (κ3) is 2.86. The van der Waals surface area contributed by atoms with Gasteiger partial charge in [0.1, 0.15) is 5.76 Å². The largest absolute Gasteiger partial charge is 0.457 e. The third-order valence-electron chi connectivity index (χ3n) is 3.66. The summed E-state index contributed by atoms with van der Waals surface area (Å²) in [6.07, 6.45) is 1.26. The van der Waals surface area contributed by atoms with E-state index in [-0.39, 0.29) is 0 Å². The van der Waals surface area contributed by atoms with Crippen molar-refractivity contribution in [1.29, 1.82) is 0 Å². The molecule has 1 saturated heterocycles. The van der Waals surface area contributed by atoms with Gasteiger partial charge in [-0.15, -0.1) is 11.3 Å². The Morgan fingerprint density at radius 1 is 1.24 bits per heavy atom. The van der Waals surface area contributed by atoms with Gasteiger partial charge in [-0.1, -0.05) is 12.1 Å². The molecule has 0 bridgehead atoms. The second-order valence-corrected chi connectivity index (χ2v) is 7.37. The van der Waals surface area contributed by atoms with Gasteiger partial charge in [0.25, 0.3) is 0 Å². The lowest BCUT2D eigenvalue weighted by atomic mass is 10.2. The van der Waals surface area contributed by atoms with Crippen LogP contribution in [0.4, 0.5) is 0 Å². The maximum Gasteiger partial charge on any atom is 0.163 e. The number of para-hydroxylation sites is 1. The molecule has 0 aliphatic carbocycles. The molecule has 0 spiro atoms. The SMILES string of the molecule is c1ccc2sc(-c3ccc(CNC4CCSC4)o3)nc2c1. The Balaban J connectivity index is 1.50. The van der Waals surface area contributed by atoms with E-state index in [0.717, 1.165) is 28.6 Å². The molecule has 0 amide bonds. The Morgan fingerprint density at radius 2 is 2.19 bits per heavy atom. The molecule has 1 aliphatic heterocycles. The number of hydrogen-bond acceptors (Lipinski definition) is 5. The molecule has 3 heterocycles. The maximum atomic E-state index is 5.94. The zero-order valence-corrected chi connectivity index (χ0v) is 13.2. The van der Waals surface area contributed by atoms with Crippen LogP contribution < -0.4 is 5.32 Å². The molecular weight excluding hydrogens is 300 g/mol. The fraction of sp³-hybridized carbons (Fsp3) is 0.312.